The summed E-state index contributed by atoms with van der Waals surface area (Å²) in [7, 11) is 3.98. The second kappa shape index (κ2) is 6.30. The molecule has 0 aliphatic heterocycles. The highest BCUT2D eigenvalue weighted by atomic mass is 16.5. The highest BCUT2D eigenvalue weighted by Crippen LogP contribution is 2.02. The molecule has 5 nitrogen and oxygen atoms in total. The molecule has 0 aliphatic carbocycles. The Balaban J connectivity index is 2.45. The number of aromatic nitrogens is 1. The first-order valence-electron chi connectivity index (χ1n) is 5.23. The van der Waals surface area contributed by atoms with Gasteiger partial charge in [-0.25, -0.2) is 0 Å². The normalized spacial score (nSPS) is 10.8. The monoisotopic (exact) mass is 226 g/mol. The SMILES string of the molecule is CN(C)CCCOc1c[nH]c(CO)cc1=O. The third kappa shape index (κ3) is 4.04. The number of aromatic amines is 1. The fraction of sp³-hybridized carbons (Fsp3) is 0.545. The number of hydrogen-bond acceptors (Lipinski definition) is 4. The van der Waals surface area contributed by atoms with Gasteiger partial charge >= 0.3 is 0 Å². The van der Waals surface area contributed by atoms with Gasteiger partial charge in [0.05, 0.1) is 13.2 Å². The Morgan fingerprint density at radius 1 is 1.50 bits per heavy atom. The van der Waals surface area contributed by atoms with E-state index >= 15 is 0 Å². The lowest BCUT2D eigenvalue weighted by molar-refractivity contribution is 0.271. The Kier molecular flexibility index (Phi) is 5.01. The van der Waals surface area contributed by atoms with E-state index in [4.69, 9.17) is 9.84 Å². The molecule has 0 fully saturated rings. The van der Waals surface area contributed by atoms with Crippen LogP contribution in [0.2, 0.25) is 0 Å². The number of aliphatic hydroxyl groups is 1. The zero-order valence-electron chi connectivity index (χ0n) is 9.69. The van der Waals surface area contributed by atoms with E-state index in [1.165, 1.54) is 12.3 Å². The van der Waals surface area contributed by atoms with E-state index in [-0.39, 0.29) is 12.0 Å². The van der Waals surface area contributed by atoms with Crippen LogP contribution in [0.3, 0.4) is 0 Å². The number of nitrogens with zero attached hydrogens (tertiary/aromatic N) is 1. The molecule has 90 valence electrons. The second-order valence-corrected chi connectivity index (χ2v) is 3.85. The predicted molar refractivity (Wildman–Crippen MR) is 61.7 cm³/mol. The summed E-state index contributed by atoms with van der Waals surface area (Å²) in [5.41, 5.74) is 0.290. The minimum absolute atomic E-state index is 0.170. The number of ether oxygens (including phenoxy) is 1. The molecular formula is C11H18N2O3. The Bertz CT molecular complexity index is 374. The molecule has 2 N–H and O–H groups in total. The zero-order valence-corrected chi connectivity index (χ0v) is 9.69. The van der Waals surface area contributed by atoms with Crippen LogP contribution in [0.5, 0.6) is 5.75 Å². The topological polar surface area (TPSA) is 65.6 Å². The molecule has 1 aromatic rings. The van der Waals surface area contributed by atoms with E-state index in [9.17, 15) is 4.79 Å². The van der Waals surface area contributed by atoms with Gasteiger partial charge in [-0.2, -0.15) is 0 Å². The summed E-state index contributed by atoms with van der Waals surface area (Å²) >= 11 is 0. The molecule has 5 heteroatoms. The maximum atomic E-state index is 11.5. The zero-order chi connectivity index (χ0) is 12.0. The van der Waals surface area contributed by atoms with Crippen LogP contribution < -0.4 is 10.2 Å². The predicted octanol–water partition coefficient (Wildman–Crippen LogP) is 0.198. The number of aliphatic hydroxyl groups excluding tert-OH is 1. The van der Waals surface area contributed by atoms with Crippen LogP contribution in [-0.2, 0) is 6.61 Å². The molecule has 1 heterocycles. The van der Waals surface area contributed by atoms with Crippen LogP contribution in [0.15, 0.2) is 17.1 Å². The summed E-state index contributed by atoms with van der Waals surface area (Å²) in [6.07, 6.45) is 2.36. The quantitative estimate of drug-likeness (QED) is 0.680. The third-order valence-corrected chi connectivity index (χ3v) is 2.11. The first kappa shape index (κ1) is 12.7. The van der Waals surface area contributed by atoms with Crippen molar-refractivity contribution in [2.75, 3.05) is 27.2 Å². The van der Waals surface area contributed by atoms with Gasteiger partial charge in [-0.1, -0.05) is 0 Å². The first-order valence-corrected chi connectivity index (χ1v) is 5.23. The standard InChI is InChI=1S/C11H18N2O3/c1-13(2)4-3-5-16-11-7-12-9(8-14)6-10(11)15/h6-7,14H,3-5,8H2,1-2H3,(H,12,15). The van der Waals surface area contributed by atoms with Crippen molar-refractivity contribution in [1.29, 1.82) is 0 Å². The fourth-order valence-corrected chi connectivity index (χ4v) is 1.27. The van der Waals surface area contributed by atoms with E-state index in [0.29, 0.717) is 18.1 Å². The van der Waals surface area contributed by atoms with E-state index in [0.717, 1.165) is 13.0 Å². The van der Waals surface area contributed by atoms with Gasteiger partial charge in [0, 0.05) is 24.5 Å². The van der Waals surface area contributed by atoms with Crippen molar-refractivity contribution in [3.63, 3.8) is 0 Å². The number of hydrogen-bond donors (Lipinski definition) is 2. The first-order chi connectivity index (χ1) is 7.63. The summed E-state index contributed by atoms with van der Waals surface area (Å²) in [4.78, 5) is 16.3. The summed E-state index contributed by atoms with van der Waals surface area (Å²) in [5, 5.41) is 8.81. The molecule has 0 radical (unpaired) electrons. The molecule has 0 unspecified atom stereocenters. The van der Waals surface area contributed by atoms with Crippen molar-refractivity contribution < 1.29 is 9.84 Å². The Hall–Kier alpha value is -1.33. The average Bonchev–Trinajstić information content (AvgIpc) is 2.25. The maximum Gasteiger partial charge on any atom is 0.223 e. The van der Waals surface area contributed by atoms with Crippen molar-refractivity contribution in [1.82, 2.24) is 9.88 Å². The van der Waals surface area contributed by atoms with Gasteiger partial charge in [-0.05, 0) is 20.5 Å². The lowest BCUT2D eigenvalue weighted by Gasteiger charge is -2.10. The molecule has 0 bridgehead atoms. The fourth-order valence-electron chi connectivity index (χ4n) is 1.27. The molecule has 16 heavy (non-hydrogen) atoms. The summed E-state index contributed by atoms with van der Waals surface area (Å²) in [6, 6.07) is 1.35. The third-order valence-electron chi connectivity index (χ3n) is 2.11. The van der Waals surface area contributed by atoms with Gasteiger partial charge in [0.25, 0.3) is 0 Å². The Morgan fingerprint density at radius 3 is 2.81 bits per heavy atom. The summed E-state index contributed by atoms with van der Waals surface area (Å²) in [6.45, 7) is 1.27. The van der Waals surface area contributed by atoms with Gasteiger partial charge in [0.2, 0.25) is 5.43 Å². The van der Waals surface area contributed by atoms with Gasteiger partial charge in [0.15, 0.2) is 5.75 Å². The Labute approximate surface area is 94.7 Å². The van der Waals surface area contributed by atoms with Crippen molar-refractivity contribution in [3.8, 4) is 5.75 Å². The van der Waals surface area contributed by atoms with Crippen molar-refractivity contribution in [2.24, 2.45) is 0 Å². The van der Waals surface area contributed by atoms with Gasteiger partial charge in [-0.15, -0.1) is 0 Å². The molecular weight excluding hydrogens is 208 g/mol. The number of H-pyrrole nitrogens is 1. The van der Waals surface area contributed by atoms with E-state index in [1.807, 2.05) is 14.1 Å². The van der Waals surface area contributed by atoms with Crippen molar-refractivity contribution in [2.45, 2.75) is 13.0 Å². The molecule has 1 rings (SSSR count). The van der Waals surface area contributed by atoms with Crippen LogP contribution in [-0.4, -0.2) is 42.2 Å². The van der Waals surface area contributed by atoms with Crippen LogP contribution in [0.1, 0.15) is 12.1 Å². The van der Waals surface area contributed by atoms with Crippen molar-refractivity contribution in [3.05, 3.63) is 28.2 Å². The molecule has 0 spiro atoms. The number of rotatable bonds is 6. The molecule has 0 saturated carbocycles. The highest BCUT2D eigenvalue weighted by Gasteiger charge is 2.01. The lowest BCUT2D eigenvalue weighted by Crippen LogP contribution is -2.17. The second-order valence-electron chi connectivity index (χ2n) is 3.85. The van der Waals surface area contributed by atoms with E-state index in [2.05, 4.69) is 9.88 Å². The van der Waals surface area contributed by atoms with Gasteiger partial charge < -0.3 is 19.7 Å². The Morgan fingerprint density at radius 2 is 2.25 bits per heavy atom. The van der Waals surface area contributed by atoms with E-state index in [1.54, 1.807) is 0 Å². The summed E-state index contributed by atoms with van der Waals surface area (Å²) < 4.78 is 5.33. The van der Waals surface area contributed by atoms with Crippen molar-refractivity contribution >= 4 is 0 Å². The van der Waals surface area contributed by atoms with Crippen LogP contribution in [0.25, 0.3) is 0 Å². The van der Waals surface area contributed by atoms with Crippen LogP contribution in [0, 0.1) is 0 Å². The highest BCUT2D eigenvalue weighted by molar-refractivity contribution is 5.19. The van der Waals surface area contributed by atoms with Gasteiger partial charge in [0.1, 0.15) is 0 Å². The molecule has 0 aliphatic rings. The number of pyridine rings is 1. The minimum atomic E-state index is -0.201. The molecule has 0 amide bonds. The average molecular weight is 226 g/mol. The minimum Gasteiger partial charge on any atom is -0.488 e. The largest absolute Gasteiger partial charge is 0.488 e. The molecule has 0 atom stereocenters. The van der Waals surface area contributed by atoms with Gasteiger partial charge in [-0.3, -0.25) is 4.79 Å². The van der Waals surface area contributed by atoms with Crippen LogP contribution in [0.4, 0.5) is 0 Å². The molecule has 0 saturated heterocycles. The van der Waals surface area contributed by atoms with Crippen LogP contribution >= 0.6 is 0 Å². The lowest BCUT2D eigenvalue weighted by atomic mass is 10.3. The molecule has 1 aromatic heterocycles. The molecule has 0 aromatic carbocycles. The smallest absolute Gasteiger partial charge is 0.223 e. The number of nitrogens with one attached hydrogen (secondary N) is 1. The summed E-state index contributed by atoms with van der Waals surface area (Å²) in [5.74, 6) is 0.302. The van der Waals surface area contributed by atoms with E-state index < -0.39 is 0 Å². The maximum absolute atomic E-state index is 11.5.